The summed E-state index contributed by atoms with van der Waals surface area (Å²) in [7, 11) is 0. The Morgan fingerprint density at radius 2 is 1.64 bits per heavy atom. The fourth-order valence-corrected chi connectivity index (χ4v) is 4.24. The fourth-order valence-electron chi connectivity index (χ4n) is 4.24. The second-order valence-corrected chi connectivity index (χ2v) is 8.58. The number of fused-ring (bicyclic) bond motifs is 3. The highest BCUT2D eigenvalue weighted by Gasteiger charge is 2.30. The van der Waals surface area contributed by atoms with Crippen LogP contribution in [0.15, 0.2) is 48.5 Å². The molecule has 1 aliphatic rings. The molecule has 0 heterocycles. The molecule has 0 radical (unpaired) electrons. The highest BCUT2D eigenvalue weighted by Crippen LogP contribution is 2.44. The molecule has 9 heteroatoms. The Bertz CT molecular complexity index is 1140. The van der Waals surface area contributed by atoms with Gasteiger partial charge in [-0.2, -0.15) is 4.79 Å². The molecule has 1 N–H and O–H groups in total. The number of esters is 2. The summed E-state index contributed by atoms with van der Waals surface area (Å²) in [6.45, 7) is 3.44. The first-order chi connectivity index (χ1) is 17.3. The van der Waals surface area contributed by atoms with Crippen LogP contribution in [0.3, 0.4) is 0 Å². The average Bonchev–Trinajstić information content (AvgIpc) is 3.19. The standard InChI is InChI=1S/C27H29N3O6/c1-3-35-27(34)24(13-12-18(31)15-29-28)30-26(33)17(2)14-25(32)36-16-23-21-10-6-4-8-19(21)20-9-5-7-11-22(20)23/h4-11,15,17,23-24H,3,12-14,16H2,1-2H3,(H,30,33)/t17-,24+/m1/s1. The molecule has 1 amide bonds. The predicted molar refractivity (Wildman–Crippen MR) is 131 cm³/mol. The largest absolute Gasteiger partial charge is 0.465 e. The second-order valence-electron chi connectivity index (χ2n) is 8.58. The number of nitrogens with zero attached hydrogens (tertiary/aromatic N) is 2. The lowest BCUT2D eigenvalue weighted by molar-refractivity contribution is -0.149. The Labute approximate surface area is 209 Å². The van der Waals surface area contributed by atoms with Crippen LogP contribution < -0.4 is 5.32 Å². The van der Waals surface area contributed by atoms with Crippen molar-refractivity contribution in [2.75, 3.05) is 13.2 Å². The highest BCUT2D eigenvalue weighted by molar-refractivity contribution is 6.25. The van der Waals surface area contributed by atoms with Crippen LogP contribution in [0.2, 0.25) is 0 Å². The molecule has 2 atom stereocenters. The molecule has 36 heavy (non-hydrogen) atoms. The zero-order valence-electron chi connectivity index (χ0n) is 20.3. The number of amides is 1. The third kappa shape index (κ3) is 6.52. The molecule has 0 unspecified atom stereocenters. The summed E-state index contributed by atoms with van der Waals surface area (Å²) in [6, 6.07) is 14.9. The Hall–Kier alpha value is -4.10. The summed E-state index contributed by atoms with van der Waals surface area (Å²) in [5.41, 5.74) is 12.9. The topological polar surface area (TPSA) is 135 Å². The molecule has 2 aromatic carbocycles. The van der Waals surface area contributed by atoms with Gasteiger partial charge in [-0.15, -0.1) is 0 Å². The number of ether oxygens (including phenoxy) is 2. The molecule has 2 aromatic rings. The van der Waals surface area contributed by atoms with E-state index in [0.29, 0.717) is 0 Å². The van der Waals surface area contributed by atoms with E-state index in [1.165, 1.54) is 0 Å². The van der Waals surface area contributed by atoms with E-state index in [-0.39, 0.29) is 38.4 Å². The summed E-state index contributed by atoms with van der Waals surface area (Å²) >= 11 is 0. The van der Waals surface area contributed by atoms with Crippen molar-refractivity contribution in [3.63, 3.8) is 0 Å². The van der Waals surface area contributed by atoms with Crippen LogP contribution in [0.5, 0.6) is 0 Å². The van der Waals surface area contributed by atoms with Crippen molar-refractivity contribution in [1.82, 2.24) is 5.32 Å². The first-order valence-corrected chi connectivity index (χ1v) is 11.9. The van der Waals surface area contributed by atoms with Gasteiger partial charge in [-0.1, -0.05) is 55.5 Å². The van der Waals surface area contributed by atoms with Gasteiger partial charge in [-0.3, -0.25) is 14.4 Å². The molecule has 0 spiro atoms. The van der Waals surface area contributed by atoms with E-state index in [9.17, 15) is 19.2 Å². The number of hydrogen-bond donors (Lipinski definition) is 1. The highest BCUT2D eigenvalue weighted by atomic mass is 16.5. The molecule has 0 bridgehead atoms. The fraction of sp³-hybridized carbons (Fsp3) is 0.370. The summed E-state index contributed by atoms with van der Waals surface area (Å²) in [6.07, 6.45) is 0.388. The van der Waals surface area contributed by atoms with Crippen molar-refractivity contribution >= 4 is 29.8 Å². The van der Waals surface area contributed by atoms with Gasteiger partial charge < -0.3 is 20.3 Å². The Balaban J connectivity index is 1.56. The lowest BCUT2D eigenvalue weighted by atomic mass is 9.98. The zero-order chi connectivity index (χ0) is 26.1. The minimum atomic E-state index is -1.07. The van der Waals surface area contributed by atoms with Crippen LogP contribution in [0, 0.1) is 5.92 Å². The molecular formula is C27H29N3O6. The molecule has 3 rings (SSSR count). The number of nitrogens with one attached hydrogen (secondary N) is 1. The number of benzene rings is 2. The van der Waals surface area contributed by atoms with Crippen LogP contribution in [-0.2, 0) is 28.7 Å². The monoisotopic (exact) mass is 491 g/mol. The van der Waals surface area contributed by atoms with Gasteiger partial charge in [0.05, 0.1) is 13.0 Å². The quantitative estimate of drug-likeness (QED) is 0.210. The van der Waals surface area contributed by atoms with Crippen molar-refractivity contribution in [3.8, 4) is 11.1 Å². The molecule has 0 saturated carbocycles. The zero-order valence-corrected chi connectivity index (χ0v) is 20.3. The third-order valence-corrected chi connectivity index (χ3v) is 6.06. The summed E-state index contributed by atoms with van der Waals surface area (Å²) in [5.74, 6) is -3.11. The molecule has 0 aromatic heterocycles. The van der Waals surface area contributed by atoms with Crippen LogP contribution in [0.1, 0.15) is 50.2 Å². The van der Waals surface area contributed by atoms with E-state index in [2.05, 4.69) is 10.1 Å². The van der Waals surface area contributed by atoms with Crippen molar-refractivity contribution in [2.24, 2.45) is 5.92 Å². The van der Waals surface area contributed by atoms with E-state index in [4.69, 9.17) is 15.0 Å². The first-order valence-electron chi connectivity index (χ1n) is 11.9. The predicted octanol–water partition coefficient (Wildman–Crippen LogP) is 3.07. The molecule has 0 saturated heterocycles. The van der Waals surface area contributed by atoms with Crippen LogP contribution >= 0.6 is 0 Å². The normalized spacial score (nSPS) is 13.4. The molecule has 1 aliphatic carbocycles. The smallest absolute Gasteiger partial charge is 0.328 e. The second kappa shape index (κ2) is 12.6. The number of Topliss-reactive ketones (excluding diaryl/α,β-unsaturated/α-hetero) is 1. The minimum Gasteiger partial charge on any atom is -0.465 e. The number of carbonyl (C=O) groups excluding carboxylic acids is 4. The Kier molecular flexibility index (Phi) is 9.25. The van der Waals surface area contributed by atoms with Crippen molar-refractivity contribution in [3.05, 3.63) is 65.2 Å². The van der Waals surface area contributed by atoms with E-state index in [1.54, 1.807) is 13.8 Å². The van der Waals surface area contributed by atoms with Gasteiger partial charge in [0.15, 0.2) is 0 Å². The van der Waals surface area contributed by atoms with Gasteiger partial charge in [0.25, 0.3) is 0 Å². The van der Waals surface area contributed by atoms with Crippen LogP contribution in [0.25, 0.3) is 16.7 Å². The average molecular weight is 492 g/mol. The molecule has 0 fully saturated rings. The summed E-state index contributed by atoms with van der Waals surface area (Å²) < 4.78 is 10.5. The first kappa shape index (κ1) is 26.5. The van der Waals surface area contributed by atoms with Crippen LogP contribution in [0.4, 0.5) is 0 Å². The minimum absolute atomic E-state index is 0.0346. The lowest BCUT2D eigenvalue weighted by Gasteiger charge is -2.19. The SMILES string of the molecule is CCOC(=O)[C@H](CCC(=O)C=[N+]=[N-])NC(=O)[C@H](C)CC(=O)OCC1c2ccccc2-c2ccccc21. The van der Waals surface area contributed by atoms with Crippen molar-refractivity contribution in [2.45, 2.75) is 45.1 Å². The maximum Gasteiger partial charge on any atom is 0.328 e. The molecular weight excluding hydrogens is 462 g/mol. The van der Waals surface area contributed by atoms with Gasteiger partial charge in [-0.25, -0.2) is 4.79 Å². The van der Waals surface area contributed by atoms with Gasteiger partial charge in [0, 0.05) is 18.3 Å². The van der Waals surface area contributed by atoms with E-state index in [0.717, 1.165) is 28.5 Å². The third-order valence-electron chi connectivity index (χ3n) is 6.06. The summed E-state index contributed by atoms with van der Waals surface area (Å²) in [4.78, 5) is 51.7. The van der Waals surface area contributed by atoms with Gasteiger partial charge >= 0.3 is 18.2 Å². The van der Waals surface area contributed by atoms with E-state index in [1.807, 2.05) is 48.5 Å². The molecule has 188 valence electrons. The van der Waals surface area contributed by atoms with Gasteiger partial charge in [-0.05, 0) is 35.6 Å². The maximum atomic E-state index is 12.7. The van der Waals surface area contributed by atoms with Gasteiger partial charge in [0.1, 0.15) is 12.6 Å². The van der Waals surface area contributed by atoms with E-state index >= 15 is 0 Å². The number of rotatable bonds is 12. The van der Waals surface area contributed by atoms with Crippen molar-refractivity contribution in [1.29, 1.82) is 0 Å². The number of hydrogen-bond acceptors (Lipinski definition) is 6. The van der Waals surface area contributed by atoms with Crippen LogP contribution in [-0.4, -0.2) is 53.9 Å². The molecule has 9 nitrogen and oxygen atoms in total. The Morgan fingerprint density at radius 3 is 2.22 bits per heavy atom. The summed E-state index contributed by atoms with van der Waals surface area (Å²) in [5, 5.41) is 2.55. The van der Waals surface area contributed by atoms with Gasteiger partial charge in [0.2, 0.25) is 11.7 Å². The maximum absolute atomic E-state index is 12.7. The Morgan fingerprint density at radius 1 is 1.03 bits per heavy atom. The number of carbonyl (C=O) groups is 4. The lowest BCUT2D eigenvalue weighted by Crippen LogP contribution is -2.44. The van der Waals surface area contributed by atoms with Crippen molar-refractivity contribution < 1.29 is 33.4 Å². The van der Waals surface area contributed by atoms with E-state index < -0.39 is 35.6 Å². The molecule has 0 aliphatic heterocycles. The number of ketones is 1.